The molecular weight excluding hydrogens is 354 g/mol. The van der Waals surface area contributed by atoms with Crippen LogP contribution in [0.4, 0.5) is 0 Å². The van der Waals surface area contributed by atoms with E-state index in [2.05, 4.69) is 38.0 Å². The Kier molecular flexibility index (Phi) is 6.17. The van der Waals surface area contributed by atoms with Gasteiger partial charge in [0.2, 0.25) is 11.8 Å². The highest BCUT2D eigenvalue weighted by Gasteiger charge is 2.38. The smallest absolute Gasteiger partial charge is 0.276 e. The zero-order chi connectivity index (χ0) is 20.3. The van der Waals surface area contributed by atoms with Crippen LogP contribution in [0.15, 0.2) is 41.0 Å². The van der Waals surface area contributed by atoms with Crippen LogP contribution < -0.4 is 5.32 Å². The van der Waals surface area contributed by atoms with Gasteiger partial charge in [-0.2, -0.15) is 0 Å². The first-order chi connectivity index (χ1) is 13.3. The lowest BCUT2D eigenvalue weighted by atomic mass is 9.95. The van der Waals surface area contributed by atoms with Gasteiger partial charge in [0, 0.05) is 18.2 Å². The Morgan fingerprint density at radius 3 is 2.50 bits per heavy atom. The monoisotopic (exact) mass is 383 g/mol. The fourth-order valence-corrected chi connectivity index (χ4v) is 3.69. The van der Waals surface area contributed by atoms with E-state index in [9.17, 15) is 9.59 Å². The molecule has 2 atom stereocenters. The zero-order valence-electron chi connectivity index (χ0n) is 17.0. The van der Waals surface area contributed by atoms with Gasteiger partial charge in [-0.15, -0.1) is 0 Å². The third kappa shape index (κ3) is 4.61. The van der Waals surface area contributed by atoms with E-state index in [0.717, 1.165) is 12.0 Å². The molecule has 2 heterocycles. The number of hydrogen-bond acceptors (Lipinski definition) is 4. The number of oxazole rings is 1. The summed E-state index contributed by atoms with van der Waals surface area (Å²) >= 11 is 0. The highest BCUT2D eigenvalue weighted by atomic mass is 16.3. The fraction of sp³-hybridized carbons (Fsp3) is 0.500. The molecular formula is C22H29N3O3. The van der Waals surface area contributed by atoms with Gasteiger partial charge in [-0.1, -0.05) is 45.9 Å². The van der Waals surface area contributed by atoms with Crippen molar-refractivity contribution in [1.82, 2.24) is 15.2 Å². The molecule has 6 nitrogen and oxygen atoms in total. The number of nitrogens with one attached hydrogen (secondary N) is 1. The second-order valence-corrected chi connectivity index (χ2v) is 8.34. The number of carbonyl (C=O) groups excluding carboxylic acids is 2. The maximum atomic E-state index is 13.2. The lowest BCUT2D eigenvalue weighted by molar-refractivity contribution is -0.130. The number of aromatic nitrogens is 1. The maximum absolute atomic E-state index is 13.2. The predicted molar refractivity (Wildman–Crippen MR) is 108 cm³/mol. The molecule has 0 unspecified atom stereocenters. The molecule has 1 saturated heterocycles. The predicted octanol–water partition coefficient (Wildman–Crippen LogP) is 3.74. The van der Waals surface area contributed by atoms with E-state index < -0.39 is 6.04 Å². The third-order valence-corrected chi connectivity index (χ3v) is 4.90. The van der Waals surface area contributed by atoms with Crippen LogP contribution in [0.1, 0.15) is 51.0 Å². The van der Waals surface area contributed by atoms with Crippen molar-refractivity contribution < 1.29 is 14.0 Å². The molecule has 28 heavy (non-hydrogen) atoms. The maximum Gasteiger partial charge on any atom is 0.276 e. The van der Waals surface area contributed by atoms with Crippen LogP contribution in [0, 0.1) is 11.8 Å². The number of carbonyl (C=O) groups is 2. The van der Waals surface area contributed by atoms with Gasteiger partial charge < -0.3 is 14.6 Å². The molecule has 1 aromatic heterocycles. The molecule has 0 spiro atoms. The lowest BCUT2D eigenvalue weighted by Crippen LogP contribution is -2.62. The molecule has 1 aliphatic rings. The molecule has 1 aliphatic heterocycles. The molecule has 1 aromatic carbocycles. The van der Waals surface area contributed by atoms with Gasteiger partial charge in [0.25, 0.3) is 5.91 Å². The van der Waals surface area contributed by atoms with Crippen LogP contribution in [-0.4, -0.2) is 40.3 Å². The summed E-state index contributed by atoms with van der Waals surface area (Å²) in [6.07, 6.45) is 2.84. The average Bonchev–Trinajstić information content (AvgIpc) is 3.13. The molecule has 2 aromatic rings. The van der Waals surface area contributed by atoms with Crippen LogP contribution in [-0.2, 0) is 4.79 Å². The van der Waals surface area contributed by atoms with Crippen molar-refractivity contribution in [3.63, 3.8) is 0 Å². The first-order valence-corrected chi connectivity index (χ1v) is 9.97. The Bertz CT molecular complexity index is 813. The minimum Gasteiger partial charge on any atom is -0.444 e. The van der Waals surface area contributed by atoms with Crippen LogP contribution in [0.5, 0.6) is 0 Å². The first kappa shape index (κ1) is 20.1. The Balaban J connectivity index is 1.85. The van der Waals surface area contributed by atoms with E-state index in [1.54, 1.807) is 4.90 Å². The number of benzene rings is 1. The number of hydrogen-bond donors (Lipinski definition) is 1. The quantitative estimate of drug-likeness (QED) is 0.824. The summed E-state index contributed by atoms with van der Waals surface area (Å²) in [6, 6.07) is 8.95. The summed E-state index contributed by atoms with van der Waals surface area (Å²) in [5, 5.41) is 3.09. The average molecular weight is 383 g/mol. The summed E-state index contributed by atoms with van der Waals surface area (Å²) in [6.45, 7) is 8.83. The van der Waals surface area contributed by atoms with Crippen LogP contribution in [0.25, 0.3) is 11.5 Å². The van der Waals surface area contributed by atoms with E-state index >= 15 is 0 Å². The van der Waals surface area contributed by atoms with Crippen molar-refractivity contribution in [3.8, 4) is 11.5 Å². The highest BCUT2D eigenvalue weighted by molar-refractivity contribution is 5.97. The van der Waals surface area contributed by atoms with Crippen molar-refractivity contribution in [1.29, 1.82) is 0 Å². The Morgan fingerprint density at radius 1 is 1.18 bits per heavy atom. The van der Waals surface area contributed by atoms with E-state index in [0.29, 0.717) is 30.7 Å². The van der Waals surface area contributed by atoms with Crippen molar-refractivity contribution >= 4 is 11.8 Å². The summed E-state index contributed by atoms with van der Waals surface area (Å²) in [7, 11) is 0. The summed E-state index contributed by atoms with van der Waals surface area (Å²) in [5.41, 5.74) is 1.06. The van der Waals surface area contributed by atoms with E-state index in [4.69, 9.17) is 4.42 Å². The van der Waals surface area contributed by atoms with Gasteiger partial charge in [0.05, 0.1) is 0 Å². The SMILES string of the molecule is CC(C)C[C@H]1CN(C(=O)c2coc(-c3ccccc3)n2)[C@@H](CC(C)C)C(=O)N1. The Morgan fingerprint density at radius 2 is 1.86 bits per heavy atom. The molecule has 0 saturated carbocycles. The summed E-state index contributed by atoms with van der Waals surface area (Å²) < 4.78 is 5.54. The topological polar surface area (TPSA) is 75.4 Å². The van der Waals surface area contributed by atoms with Crippen LogP contribution in [0.2, 0.25) is 0 Å². The van der Waals surface area contributed by atoms with E-state index in [1.165, 1.54) is 6.26 Å². The Hall–Kier alpha value is -2.63. The summed E-state index contributed by atoms with van der Waals surface area (Å²) in [4.78, 5) is 32.1. The van der Waals surface area contributed by atoms with Gasteiger partial charge >= 0.3 is 0 Å². The second-order valence-electron chi connectivity index (χ2n) is 8.34. The lowest BCUT2D eigenvalue weighted by Gasteiger charge is -2.40. The zero-order valence-corrected chi connectivity index (χ0v) is 17.0. The Labute approximate surface area is 166 Å². The minimum absolute atomic E-state index is 0.0413. The van der Waals surface area contributed by atoms with Crippen molar-refractivity contribution in [2.75, 3.05) is 6.54 Å². The molecule has 2 amide bonds. The van der Waals surface area contributed by atoms with Crippen molar-refractivity contribution in [2.45, 2.75) is 52.6 Å². The van der Waals surface area contributed by atoms with Gasteiger partial charge in [-0.3, -0.25) is 9.59 Å². The minimum atomic E-state index is -0.479. The summed E-state index contributed by atoms with van der Waals surface area (Å²) in [5.74, 6) is 0.806. The van der Waals surface area contributed by atoms with Crippen LogP contribution in [0.3, 0.4) is 0 Å². The fourth-order valence-electron chi connectivity index (χ4n) is 3.69. The van der Waals surface area contributed by atoms with Crippen LogP contribution >= 0.6 is 0 Å². The second kappa shape index (κ2) is 8.59. The van der Waals surface area contributed by atoms with Crippen molar-refractivity contribution in [2.24, 2.45) is 11.8 Å². The molecule has 1 fully saturated rings. The molecule has 150 valence electrons. The van der Waals surface area contributed by atoms with Gasteiger partial charge in [0.1, 0.15) is 12.3 Å². The standard InChI is InChI=1S/C22H29N3O3/c1-14(2)10-17-12-25(19(11-15(3)4)20(26)23-17)22(27)18-13-28-21(24-18)16-8-6-5-7-9-16/h5-9,13-15,17,19H,10-12H2,1-4H3,(H,23,26)/t17-,19-/m0/s1. The number of nitrogens with zero attached hydrogens (tertiary/aromatic N) is 2. The van der Waals surface area contributed by atoms with Gasteiger partial charge in [0.15, 0.2) is 5.69 Å². The third-order valence-electron chi connectivity index (χ3n) is 4.90. The van der Waals surface area contributed by atoms with E-state index in [1.807, 2.05) is 30.3 Å². The van der Waals surface area contributed by atoms with Gasteiger partial charge in [-0.25, -0.2) is 4.98 Å². The van der Waals surface area contributed by atoms with Crippen molar-refractivity contribution in [3.05, 3.63) is 42.3 Å². The first-order valence-electron chi connectivity index (χ1n) is 9.97. The molecule has 0 bridgehead atoms. The number of rotatable bonds is 6. The molecule has 0 radical (unpaired) electrons. The number of piperazine rings is 1. The molecule has 0 aliphatic carbocycles. The van der Waals surface area contributed by atoms with E-state index in [-0.39, 0.29) is 23.6 Å². The highest BCUT2D eigenvalue weighted by Crippen LogP contribution is 2.23. The number of amides is 2. The largest absolute Gasteiger partial charge is 0.444 e. The van der Waals surface area contributed by atoms with Gasteiger partial charge in [-0.05, 0) is 36.8 Å². The molecule has 6 heteroatoms. The molecule has 1 N–H and O–H groups in total. The normalized spacial score (nSPS) is 19.9. The molecule has 3 rings (SSSR count).